The Morgan fingerprint density at radius 3 is 1.44 bits per heavy atom. The van der Waals surface area contributed by atoms with Crippen LogP contribution >= 0.6 is 22.6 Å². The summed E-state index contributed by atoms with van der Waals surface area (Å²) in [6.07, 6.45) is 1.43. The second kappa shape index (κ2) is 14.3. The van der Waals surface area contributed by atoms with E-state index in [9.17, 15) is 27.2 Å². The first kappa shape index (κ1) is 28.9. The van der Waals surface area contributed by atoms with Crippen molar-refractivity contribution >= 4 is 47.7 Å². The van der Waals surface area contributed by atoms with Gasteiger partial charge in [-0.2, -0.15) is 0 Å². The Bertz CT molecular complexity index is 1300. The van der Waals surface area contributed by atoms with Gasteiger partial charge in [0.1, 0.15) is 12.6 Å². The molecule has 184 valence electrons. The summed E-state index contributed by atoms with van der Waals surface area (Å²) >= 11 is 1.92. The molecule has 0 amide bonds. The van der Waals surface area contributed by atoms with E-state index in [-0.39, 0.29) is 0 Å². The zero-order chi connectivity index (χ0) is 26.7. The standard InChI is InChI=1S/C13H8F2O.C7H7BO3.C6H3F2I/c14-12-6-5-11(7-13(12)15)10-3-1-9(8-16)2-4-10;9-5-6-1-3-7(4-2-6)8(10)11;7-5-2-1-4(9)3-6(5)8/h1-8H;1-5,10-11H;1-3H. The van der Waals surface area contributed by atoms with Crippen molar-refractivity contribution in [3.63, 3.8) is 0 Å². The summed E-state index contributed by atoms with van der Waals surface area (Å²) in [5, 5.41) is 17.3. The molecule has 0 saturated carbocycles. The summed E-state index contributed by atoms with van der Waals surface area (Å²) in [5.74, 6) is -3.33. The highest BCUT2D eigenvalue weighted by Gasteiger charge is 2.09. The number of aldehydes is 2. The highest BCUT2D eigenvalue weighted by molar-refractivity contribution is 14.1. The Morgan fingerprint density at radius 1 is 0.583 bits per heavy atom. The van der Waals surface area contributed by atoms with Crippen molar-refractivity contribution in [1.29, 1.82) is 0 Å². The summed E-state index contributed by atoms with van der Waals surface area (Å²) in [6.45, 7) is 0. The van der Waals surface area contributed by atoms with Crippen LogP contribution in [0, 0.1) is 26.8 Å². The fourth-order valence-electron chi connectivity index (χ4n) is 2.65. The first-order valence-electron chi connectivity index (χ1n) is 10.2. The zero-order valence-corrected chi connectivity index (χ0v) is 20.6. The van der Waals surface area contributed by atoms with Crippen LogP contribution in [0.1, 0.15) is 20.7 Å². The molecule has 0 saturated heterocycles. The van der Waals surface area contributed by atoms with Crippen molar-refractivity contribution in [3.05, 3.63) is 123 Å². The summed E-state index contributed by atoms with van der Waals surface area (Å²) in [6, 6.07) is 20.2. The van der Waals surface area contributed by atoms with E-state index in [1.165, 1.54) is 36.4 Å². The first-order chi connectivity index (χ1) is 17.1. The minimum Gasteiger partial charge on any atom is -0.423 e. The van der Waals surface area contributed by atoms with Crippen LogP contribution in [0.25, 0.3) is 11.1 Å². The number of carbonyl (C=O) groups is 2. The third-order valence-corrected chi connectivity index (χ3v) is 5.22. The molecule has 0 heterocycles. The molecule has 0 aliphatic heterocycles. The third kappa shape index (κ3) is 9.02. The molecule has 0 aromatic heterocycles. The van der Waals surface area contributed by atoms with Gasteiger partial charge in [-0.15, -0.1) is 0 Å². The van der Waals surface area contributed by atoms with Gasteiger partial charge in [-0.3, -0.25) is 9.59 Å². The van der Waals surface area contributed by atoms with E-state index in [1.54, 1.807) is 24.3 Å². The highest BCUT2D eigenvalue weighted by atomic mass is 127. The van der Waals surface area contributed by atoms with Crippen LogP contribution in [0.5, 0.6) is 0 Å². The zero-order valence-electron chi connectivity index (χ0n) is 18.4. The molecule has 0 radical (unpaired) electrons. The van der Waals surface area contributed by atoms with Gasteiger partial charge in [-0.05, 0) is 69.5 Å². The normalized spacial score (nSPS) is 9.75. The quantitative estimate of drug-likeness (QED) is 0.110. The van der Waals surface area contributed by atoms with Crippen molar-refractivity contribution in [1.82, 2.24) is 0 Å². The molecule has 0 bridgehead atoms. The molecule has 4 rings (SSSR count). The van der Waals surface area contributed by atoms with Gasteiger partial charge in [0, 0.05) is 14.7 Å². The first-order valence-corrected chi connectivity index (χ1v) is 11.2. The predicted molar refractivity (Wildman–Crippen MR) is 138 cm³/mol. The molecule has 4 aromatic carbocycles. The lowest BCUT2D eigenvalue weighted by Gasteiger charge is -2.02. The monoisotopic (exact) mass is 608 g/mol. The largest absolute Gasteiger partial charge is 0.488 e. The molecule has 10 heteroatoms. The molecule has 0 spiro atoms. The molecule has 0 aliphatic rings. The number of benzene rings is 4. The molecule has 4 nitrogen and oxygen atoms in total. The second-order valence-electron chi connectivity index (χ2n) is 7.09. The Labute approximate surface area is 218 Å². The van der Waals surface area contributed by atoms with E-state index in [1.807, 2.05) is 22.6 Å². The van der Waals surface area contributed by atoms with Crippen LogP contribution in [0.4, 0.5) is 17.6 Å². The molecule has 36 heavy (non-hydrogen) atoms. The lowest BCUT2D eigenvalue weighted by Crippen LogP contribution is -2.29. The van der Waals surface area contributed by atoms with E-state index in [0.29, 0.717) is 32.0 Å². The lowest BCUT2D eigenvalue weighted by molar-refractivity contribution is 0.111. The molecule has 0 fully saturated rings. The van der Waals surface area contributed by atoms with Crippen molar-refractivity contribution in [2.24, 2.45) is 0 Å². The highest BCUT2D eigenvalue weighted by Crippen LogP contribution is 2.21. The van der Waals surface area contributed by atoms with Crippen LogP contribution in [-0.4, -0.2) is 29.7 Å². The number of carbonyl (C=O) groups excluding carboxylic acids is 2. The maximum absolute atomic E-state index is 13.0. The van der Waals surface area contributed by atoms with Crippen LogP contribution in [0.3, 0.4) is 0 Å². The third-order valence-electron chi connectivity index (χ3n) is 4.55. The van der Waals surface area contributed by atoms with Crippen molar-refractivity contribution in [3.8, 4) is 11.1 Å². The van der Waals surface area contributed by atoms with E-state index in [0.717, 1.165) is 36.1 Å². The molecule has 2 N–H and O–H groups in total. The fourth-order valence-corrected chi connectivity index (χ4v) is 3.10. The summed E-state index contributed by atoms with van der Waals surface area (Å²) in [4.78, 5) is 20.6. The van der Waals surface area contributed by atoms with Gasteiger partial charge in [0.25, 0.3) is 0 Å². The van der Waals surface area contributed by atoms with Gasteiger partial charge in [0.15, 0.2) is 23.3 Å². The Morgan fingerprint density at radius 2 is 1.03 bits per heavy atom. The minimum absolute atomic E-state index is 0.385. The van der Waals surface area contributed by atoms with Gasteiger partial charge in [0.05, 0.1) is 0 Å². The van der Waals surface area contributed by atoms with E-state index >= 15 is 0 Å². The molecular weight excluding hydrogens is 590 g/mol. The molecule has 0 aliphatic carbocycles. The van der Waals surface area contributed by atoms with Gasteiger partial charge in [0.2, 0.25) is 0 Å². The van der Waals surface area contributed by atoms with Crippen molar-refractivity contribution in [2.75, 3.05) is 0 Å². The van der Waals surface area contributed by atoms with Crippen LogP contribution < -0.4 is 5.46 Å². The Hall–Kier alpha value is -3.35. The molecular formula is C26H18BF4IO4. The number of hydrogen-bond acceptors (Lipinski definition) is 4. The fraction of sp³-hybridized carbons (Fsp3) is 0. The predicted octanol–water partition coefficient (Wildman–Crippen LogP) is 5.19. The Kier molecular flexibility index (Phi) is 11.5. The van der Waals surface area contributed by atoms with Gasteiger partial charge in [-0.25, -0.2) is 17.6 Å². The summed E-state index contributed by atoms with van der Waals surface area (Å²) in [5.41, 5.74) is 2.78. The van der Waals surface area contributed by atoms with Crippen LogP contribution in [0.15, 0.2) is 84.9 Å². The number of hydrogen-bond donors (Lipinski definition) is 2. The van der Waals surface area contributed by atoms with Crippen molar-refractivity contribution < 1.29 is 37.2 Å². The van der Waals surface area contributed by atoms with E-state index in [2.05, 4.69) is 0 Å². The maximum atomic E-state index is 13.0. The van der Waals surface area contributed by atoms with Gasteiger partial charge in [-0.1, -0.05) is 54.6 Å². The van der Waals surface area contributed by atoms with Crippen LogP contribution in [0.2, 0.25) is 0 Å². The van der Waals surface area contributed by atoms with E-state index in [4.69, 9.17) is 10.0 Å². The smallest absolute Gasteiger partial charge is 0.423 e. The van der Waals surface area contributed by atoms with Gasteiger partial charge >= 0.3 is 7.12 Å². The van der Waals surface area contributed by atoms with Crippen molar-refractivity contribution in [2.45, 2.75) is 0 Å². The van der Waals surface area contributed by atoms with Gasteiger partial charge < -0.3 is 10.0 Å². The topological polar surface area (TPSA) is 74.6 Å². The molecule has 4 aromatic rings. The summed E-state index contributed by atoms with van der Waals surface area (Å²) in [7, 11) is -1.46. The summed E-state index contributed by atoms with van der Waals surface area (Å²) < 4.78 is 50.7. The maximum Gasteiger partial charge on any atom is 0.488 e. The average molecular weight is 608 g/mol. The molecule has 0 unspecified atom stereocenters. The lowest BCUT2D eigenvalue weighted by atomic mass is 9.80. The number of rotatable bonds is 4. The molecule has 0 atom stereocenters. The second-order valence-corrected chi connectivity index (χ2v) is 8.33. The average Bonchev–Trinajstić information content (AvgIpc) is 2.89. The Balaban J connectivity index is 0.000000200. The van der Waals surface area contributed by atoms with Crippen LogP contribution in [-0.2, 0) is 0 Å². The van der Waals surface area contributed by atoms with E-state index < -0.39 is 30.4 Å². The number of halogens is 5. The minimum atomic E-state index is -1.46. The SMILES string of the molecule is Fc1ccc(I)cc1F.O=Cc1ccc(-c2ccc(F)c(F)c2)cc1.O=Cc1ccc(B(O)O)cc1.